The van der Waals surface area contributed by atoms with Gasteiger partial charge in [-0.25, -0.2) is 0 Å². The molecule has 0 N–H and O–H groups in total. The monoisotopic (exact) mass is 1070 g/mol. The number of fused-ring (bicyclic) bond motifs is 14. The van der Waals surface area contributed by atoms with Gasteiger partial charge in [0.05, 0.1) is 22.1 Å². The van der Waals surface area contributed by atoms with E-state index < -0.39 is 0 Å². The van der Waals surface area contributed by atoms with Gasteiger partial charge in [0.2, 0.25) is 0 Å². The number of aromatic nitrogens is 2. The molecule has 0 spiro atoms. The van der Waals surface area contributed by atoms with Crippen LogP contribution in [0.25, 0.3) is 66.1 Å². The Bertz CT molecular complexity index is 4770. The Morgan fingerprint density at radius 1 is 0.321 bits per heavy atom. The summed E-state index contributed by atoms with van der Waals surface area (Å²) in [5, 5.41) is 4.93. The Morgan fingerprint density at radius 3 is 1.19 bits per heavy atom. The van der Waals surface area contributed by atoms with Gasteiger partial charge >= 0.3 is 0 Å². The van der Waals surface area contributed by atoms with Gasteiger partial charge in [-0.3, -0.25) is 0 Å². The highest BCUT2D eigenvalue weighted by molar-refractivity contribution is 7.00. The van der Waals surface area contributed by atoms with E-state index in [1.807, 2.05) is 0 Å². The maximum Gasteiger partial charge on any atom is 0.260 e. The van der Waals surface area contributed by atoms with E-state index in [1.54, 1.807) is 0 Å². The van der Waals surface area contributed by atoms with Crippen molar-refractivity contribution < 1.29 is 9.47 Å². The van der Waals surface area contributed by atoms with Gasteiger partial charge in [-0.1, -0.05) is 178 Å². The lowest BCUT2D eigenvalue weighted by Gasteiger charge is -2.45. The summed E-state index contributed by atoms with van der Waals surface area (Å²) in [6.07, 6.45) is 0. The Balaban J connectivity index is 0.963. The average Bonchev–Trinajstić information content (AvgIpc) is 0.977. The molecule has 4 aliphatic heterocycles. The van der Waals surface area contributed by atoms with E-state index in [-0.39, 0.29) is 18.8 Å². The minimum absolute atomic E-state index is 0.0619. The van der Waals surface area contributed by atoms with Crippen LogP contribution in [-0.2, 0) is 5.41 Å². The fourth-order valence-electron chi connectivity index (χ4n) is 14.9. The third-order valence-electron chi connectivity index (χ3n) is 18.3. The van der Waals surface area contributed by atoms with Crippen LogP contribution in [0.4, 0.5) is 34.1 Å². The van der Waals surface area contributed by atoms with Crippen LogP contribution in [0.2, 0.25) is 0 Å². The molecule has 12 aromatic carbocycles. The number of para-hydroxylation sites is 8. The van der Waals surface area contributed by atoms with E-state index in [2.05, 4.69) is 301 Å². The van der Waals surface area contributed by atoms with Gasteiger partial charge < -0.3 is 28.4 Å². The lowest BCUT2D eigenvalue weighted by molar-refractivity contribution is 0.447. The number of anilines is 6. The maximum atomic E-state index is 7.34. The predicted molar refractivity (Wildman–Crippen MR) is 351 cm³/mol. The van der Waals surface area contributed by atoms with Gasteiger partial charge in [0.15, 0.2) is 0 Å². The highest BCUT2D eigenvalue weighted by Crippen LogP contribution is 2.52. The lowest BCUT2D eigenvalue weighted by atomic mass is 9.33. The van der Waals surface area contributed by atoms with E-state index in [0.717, 1.165) is 102 Å². The first-order chi connectivity index (χ1) is 41.3. The maximum absolute atomic E-state index is 7.34. The minimum atomic E-state index is -0.380. The molecule has 0 fully saturated rings. The summed E-state index contributed by atoms with van der Waals surface area (Å²) in [6, 6.07) is 96.1. The summed E-state index contributed by atoms with van der Waals surface area (Å²) in [5.41, 5.74) is 23.5. The molecule has 0 amide bonds. The van der Waals surface area contributed by atoms with Crippen LogP contribution in [0, 0.1) is 0 Å². The predicted octanol–water partition coefficient (Wildman–Crippen LogP) is 15.7. The zero-order valence-electron chi connectivity index (χ0n) is 46.6. The van der Waals surface area contributed by atoms with Gasteiger partial charge in [0, 0.05) is 78.1 Å². The normalized spacial score (nSPS) is 13.5. The first-order valence-corrected chi connectivity index (χ1v) is 29.2. The quantitative estimate of drug-likeness (QED) is 0.161. The molecule has 84 heavy (non-hydrogen) atoms. The summed E-state index contributed by atoms with van der Waals surface area (Å²) < 4.78 is 19.4. The Labute approximate surface area is 487 Å². The van der Waals surface area contributed by atoms with Gasteiger partial charge in [-0.2, -0.15) is 0 Å². The second kappa shape index (κ2) is 17.5. The number of hydrogen-bond acceptors (Lipinski definition) is 4. The van der Waals surface area contributed by atoms with Crippen LogP contribution < -0.4 is 52.1 Å². The highest BCUT2D eigenvalue weighted by atomic mass is 16.5. The molecule has 6 heterocycles. The number of ether oxygens (including phenoxy) is 2. The molecule has 0 radical (unpaired) electrons. The van der Waals surface area contributed by atoms with E-state index in [9.17, 15) is 0 Å². The van der Waals surface area contributed by atoms with Crippen molar-refractivity contribution in [3.05, 3.63) is 266 Å². The summed E-state index contributed by atoms with van der Waals surface area (Å²) >= 11 is 0. The van der Waals surface area contributed by atoms with Crippen LogP contribution in [0.3, 0.4) is 0 Å². The lowest BCUT2D eigenvalue weighted by Crippen LogP contribution is -2.61. The van der Waals surface area contributed by atoms with Crippen molar-refractivity contribution in [2.24, 2.45) is 0 Å². The SMILES string of the molecule is CC(C)(C)c1c(-c2cc3c4c(c2)N(c2ccccc2)c2cc(-n5c6ccccc6c6ccccc65)ccc2B4c2ccc(-n4c5ccccc5c5ccccc54)cc2N3c2ccccc2)cc2c3c1Oc1ccccc1B3c1ccccc1O2. The third kappa shape index (κ3) is 6.65. The number of hydrogen-bond donors (Lipinski definition) is 0. The van der Waals surface area contributed by atoms with Gasteiger partial charge in [0.25, 0.3) is 13.4 Å². The standard InChI is InChI=1S/C76H52B2N4O2/c1-76(2,3)72-56(46-71-74-75(72)84-70-37-21-15-31-60(70)78(74)59-30-14-20-36-69(59)83-71)47-42-67-73-68(43-47)80(49-24-8-5-9-25-49)66-45-51(82-63-34-18-12-28-54(63)55-29-13-19-35-64(55)82)39-41-58(66)77(73)57-40-38-50(44-65(57)79(67)48-22-6-4-7-23-48)81-61-32-16-10-26-52(61)53-27-11-17-33-62(53)81/h4-46H,1-3H3. The Hall–Kier alpha value is -10.4. The van der Waals surface area contributed by atoms with E-state index in [4.69, 9.17) is 9.47 Å². The summed E-state index contributed by atoms with van der Waals surface area (Å²) in [5.74, 6) is 3.44. The first kappa shape index (κ1) is 47.2. The van der Waals surface area contributed by atoms with Crippen LogP contribution in [0.1, 0.15) is 26.3 Å². The fraction of sp³-hybridized carbons (Fsp3) is 0.0526. The van der Waals surface area contributed by atoms with Crippen LogP contribution in [0.15, 0.2) is 261 Å². The summed E-state index contributed by atoms with van der Waals surface area (Å²) in [7, 11) is 0. The molecular weight excluding hydrogens is 1020 g/mol. The number of benzene rings is 12. The number of rotatable bonds is 5. The molecule has 14 aromatic rings. The van der Waals surface area contributed by atoms with Crippen molar-refractivity contribution in [3.63, 3.8) is 0 Å². The Morgan fingerprint density at radius 2 is 0.726 bits per heavy atom. The summed E-state index contributed by atoms with van der Waals surface area (Å²) in [4.78, 5) is 5.09. The Kier molecular flexibility index (Phi) is 9.86. The first-order valence-electron chi connectivity index (χ1n) is 29.2. The van der Waals surface area contributed by atoms with Crippen molar-refractivity contribution in [3.8, 4) is 45.5 Å². The van der Waals surface area contributed by atoms with Crippen molar-refractivity contribution in [1.29, 1.82) is 0 Å². The molecule has 394 valence electrons. The van der Waals surface area contributed by atoms with E-state index in [1.165, 1.54) is 60.0 Å². The smallest absolute Gasteiger partial charge is 0.260 e. The highest BCUT2D eigenvalue weighted by Gasteiger charge is 2.47. The van der Waals surface area contributed by atoms with E-state index >= 15 is 0 Å². The molecule has 0 bridgehead atoms. The molecule has 0 aliphatic carbocycles. The molecule has 8 heteroatoms. The zero-order valence-corrected chi connectivity index (χ0v) is 46.6. The largest absolute Gasteiger partial charge is 0.458 e. The van der Waals surface area contributed by atoms with Crippen molar-refractivity contribution in [1.82, 2.24) is 9.13 Å². The van der Waals surface area contributed by atoms with Crippen molar-refractivity contribution >= 4 is 124 Å². The fourth-order valence-corrected chi connectivity index (χ4v) is 14.9. The molecular formula is C76H52B2N4O2. The molecule has 0 saturated heterocycles. The molecule has 2 aromatic heterocycles. The number of nitrogens with zero attached hydrogens (tertiary/aromatic N) is 4. The molecule has 6 nitrogen and oxygen atoms in total. The molecule has 0 atom stereocenters. The topological polar surface area (TPSA) is 34.8 Å². The molecule has 0 saturated carbocycles. The molecule has 18 rings (SSSR count). The van der Waals surface area contributed by atoms with Gasteiger partial charge in [-0.15, -0.1) is 0 Å². The third-order valence-corrected chi connectivity index (χ3v) is 18.3. The van der Waals surface area contributed by atoms with Crippen LogP contribution in [0.5, 0.6) is 23.0 Å². The van der Waals surface area contributed by atoms with Crippen molar-refractivity contribution in [2.45, 2.75) is 26.2 Å². The second-order valence-corrected chi connectivity index (χ2v) is 23.9. The average molecular weight is 1070 g/mol. The van der Waals surface area contributed by atoms with Gasteiger partial charge in [-0.05, 0) is 147 Å². The minimum Gasteiger partial charge on any atom is -0.458 e. The van der Waals surface area contributed by atoms with Gasteiger partial charge in [0.1, 0.15) is 23.0 Å². The van der Waals surface area contributed by atoms with Crippen LogP contribution in [-0.4, -0.2) is 22.6 Å². The van der Waals surface area contributed by atoms with Crippen LogP contribution >= 0.6 is 0 Å². The van der Waals surface area contributed by atoms with Crippen molar-refractivity contribution in [2.75, 3.05) is 9.80 Å². The molecule has 4 aliphatic rings. The second-order valence-electron chi connectivity index (χ2n) is 23.9. The zero-order chi connectivity index (χ0) is 55.5. The molecule has 0 unspecified atom stereocenters. The summed E-state index contributed by atoms with van der Waals surface area (Å²) in [6.45, 7) is 6.77. The van der Waals surface area contributed by atoms with E-state index in [0.29, 0.717) is 0 Å².